The average Bonchev–Trinajstić information content (AvgIpc) is 3.17. The van der Waals surface area contributed by atoms with Crippen LogP contribution in [0.5, 0.6) is 0 Å². The molecule has 0 aliphatic carbocycles. The topological polar surface area (TPSA) is 37.6 Å². The standard InChI is InChI=1S/C19H15Cl2F2N3O/c20-13-5-3-4-12(16(13)21)18(27)17-14-6-1-2-8-26(14)15(24-17)10-25-9-7-19(22,23)11-25/h1-6,8H,7,9-11H2. The Morgan fingerprint density at radius 2 is 2.00 bits per heavy atom. The van der Waals surface area contributed by atoms with E-state index in [1.807, 2.05) is 0 Å². The first-order valence-corrected chi connectivity index (χ1v) is 9.16. The van der Waals surface area contributed by atoms with Crippen LogP contribution in [0, 0.1) is 0 Å². The number of aromatic nitrogens is 2. The highest BCUT2D eigenvalue weighted by molar-refractivity contribution is 6.44. The number of fused-ring (bicyclic) bond motifs is 1. The SMILES string of the molecule is O=C(c1cccc(Cl)c1Cl)c1nc(CN2CCC(F)(F)C2)n2ccccc12. The molecule has 1 fully saturated rings. The molecule has 8 heteroatoms. The Morgan fingerprint density at radius 1 is 1.19 bits per heavy atom. The van der Waals surface area contributed by atoms with Crippen LogP contribution >= 0.6 is 23.2 Å². The summed E-state index contributed by atoms with van der Waals surface area (Å²) in [6.45, 7) is 0.216. The minimum atomic E-state index is -2.68. The molecule has 0 bridgehead atoms. The van der Waals surface area contributed by atoms with Crippen LogP contribution in [0.25, 0.3) is 5.52 Å². The number of carbonyl (C=O) groups excluding carboxylic acids is 1. The van der Waals surface area contributed by atoms with Crippen LogP contribution in [0.1, 0.15) is 28.3 Å². The zero-order valence-electron chi connectivity index (χ0n) is 14.1. The number of rotatable bonds is 4. The summed E-state index contributed by atoms with van der Waals surface area (Å²) >= 11 is 12.2. The predicted molar refractivity (Wildman–Crippen MR) is 99.9 cm³/mol. The van der Waals surface area contributed by atoms with E-state index in [4.69, 9.17) is 23.2 Å². The summed E-state index contributed by atoms with van der Waals surface area (Å²) < 4.78 is 28.7. The first-order valence-electron chi connectivity index (χ1n) is 8.40. The van der Waals surface area contributed by atoms with E-state index in [9.17, 15) is 13.6 Å². The summed E-state index contributed by atoms with van der Waals surface area (Å²) in [5.74, 6) is -2.51. The van der Waals surface area contributed by atoms with E-state index in [-0.39, 0.29) is 53.1 Å². The van der Waals surface area contributed by atoms with Crippen LogP contribution < -0.4 is 0 Å². The van der Waals surface area contributed by atoms with Crippen molar-refractivity contribution in [2.75, 3.05) is 13.1 Å². The molecule has 1 saturated heterocycles. The fraction of sp³-hybridized carbons (Fsp3) is 0.263. The number of nitrogens with zero attached hydrogens (tertiary/aromatic N) is 3. The molecule has 140 valence electrons. The van der Waals surface area contributed by atoms with E-state index < -0.39 is 5.92 Å². The van der Waals surface area contributed by atoms with Crippen molar-refractivity contribution >= 4 is 34.5 Å². The average molecular weight is 410 g/mol. The summed E-state index contributed by atoms with van der Waals surface area (Å²) in [7, 11) is 0. The van der Waals surface area contributed by atoms with Gasteiger partial charge < -0.3 is 4.40 Å². The van der Waals surface area contributed by atoms with Crippen LogP contribution in [-0.4, -0.2) is 39.1 Å². The predicted octanol–water partition coefficient (Wildman–Crippen LogP) is 4.71. The number of carbonyl (C=O) groups is 1. The monoisotopic (exact) mass is 409 g/mol. The van der Waals surface area contributed by atoms with Gasteiger partial charge in [0.05, 0.1) is 28.7 Å². The number of hydrogen-bond donors (Lipinski definition) is 0. The minimum Gasteiger partial charge on any atom is -0.302 e. The van der Waals surface area contributed by atoms with Crippen molar-refractivity contribution in [2.24, 2.45) is 0 Å². The molecule has 1 aliphatic heterocycles. The van der Waals surface area contributed by atoms with Gasteiger partial charge in [-0.05, 0) is 24.3 Å². The van der Waals surface area contributed by atoms with E-state index in [0.29, 0.717) is 11.3 Å². The molecule has 3 aromatic rings. The molecule has 4 rings (SSSR count). The highest BCUT2D eigenvalue weighted by Crippen LogP contribution is 2.30. The van der Waals surface area contributed by atoms with E-state index in [2.05, 4.69) is 4.98 Å². The maximum absolute atomic E-state index is 13.5. The number of hydrogen-bond acceptors (Lipinski definition) is 3. The molecule has 27 heavy (non-hydrogen) atoms. The highest BCUT2D eigenvalue weighted by atomic mass is 35.5. The van der Waals surface area contributed by atoms with Crippen LogP contribution in [0.15, 0.2) is 42.6 Å². The Morgan fingerprint density at radius 3 is 2.74 bits per heavy atom. The van der Waals surface area contributed by atoms with Gasteiger partial charge in [0, 0.05) is 24.7 Å². The van der Waals surface area contributed by atoms with Crippen molar-refractivity contribution in [3.05, 3.63) is 69.7 Å². The van der Waals surface area contributed by atoms with E-state index in [0.717, 1.165) is 0 Å². The summed E-state index contributed by atoms with van der Waals surface area (Å²) in [6.07, 6.45) is 1.60. The number of halogens is 4. The van der Waals surface area contributed by atoms with Crippen molar-refractivity contribution < 1.29 is 13.6 Å². The number of benzene rings is 1. The second-order valence-corrected chi connectivity index (χ2v) is 7.36. The van der Waals surface area contributed by atoms with E-state index >= 15 is 0 Å². The molecule has 0 saturated carbocycles. The maximum Gasteiger partial charge on any atom is 0.261 e. The fourth-order valence-corrected chi connectivity index (χ4v) is 3.71. The molecule has 0 unspecified atom stereocenters. The lowest BCUT2D eigenvalue weighted by atomic mass is 10.1. The molecule has 0 radical (unpaired) electrons. The Labute approximate surface area is 164 Å². The van der Waals surface area contributed by atoms with Crippen LogP contribution in [0.2, 0.25) is 10.0 Å². The van der Waals surface area contributed by atoms with Gasteiger partial charge in [-0.3, -0.25) is 9.69 Å². The van der Waals surface area contributed by atoms with Gasteiger partial charge >= 0.3 is 0 Å². The van der Waals surface area contributed by atoms with Crippen molar-refractivity contribution in [3.8, 4) is 0 Å². The molecule has 4 nitrogen and oxygen atoms in total. The molecule has 0 amide bonds. The first-order chi connectivity index (χ1) is 12.9. The third-order valence-corrected chi connectivity index (χ3v) is 5.47. The lowest BCUT2D eigenvalue weighted by Crippen LogP contribution is -2.25. The normalized spacial score (nSPS) is 16.9. The molecule has 2 aromatic heterocycles. The Kier molecular flexibility index (Phi) is 4.66. The van der Waals surface area contributed by atoms with Gasteiger partial charge in [-0.25, -0.2) is 13.8 Å². The number of pyridine rings is 1. The summed E-state index contributed by atoms with van der Waals surface area (Å²) in [5.41, 5.74) is 1.08. The van der Waals surface area contributed by atoms with Gasteiger partial charge in [0.1, 0.15) is 11.5 Å². The molecular weight excluding hydrogens is 395 g/mol. The molecule has 3 heterocycles. The molecule has 0 spiro atoms. The quantitative estimate of drug-likeness (QED) is 0.585. The van der Waals surface area contributed by atoms with Crippen LogP contribution in [0.3, 0.4) is 0 Å². The first kappa shape index (κ1) is 18.3. The smallest absolute Gasteiger partial charge is 0.261 e. The van der Waals surface area contributed by atoms with Crippen LogP contribution in [0.4, 0.5) is 8.78 Å². The molecule has 1 aliphatic rings. The van der Waals surface area contributed by atoms with Crippen molar-refractivity contribution in [1.82, 2.24) is 14.3 Å². The van der Waals surface area contributed by atoms with E-state index in [1.165, 1.54) is 0 Å². The second kappa shape index (κ2) is 6.86. The maximum atomic E-state index is 13.5. The summed E-state index contributed by atoms with van der Waals surface area (Å²) in [4.78, 5) is 19.1. The van der Waals surface area contributed by atoms with Gasteiger partial charge in [-0.2, -0.15) is 0 Å². The van der Waals surface area contributed by atoms with Gasteiger partial charge in [-0.15, -0.1) is 0 Å². The zero-order valence-corrected chi connectivity index (χ0v) is 15.6. The van der Waals surface area contributed by atoms with Crippen molar-refractivity contribution in [3.63, 3.8) is 0 Å². The van der Waals surface area contributed by atoms with Crippen LogP contribution in [-0.2, 0) is 6.54 Å². The van der Waals surface area contributed by atoms with Gasteiger partial charge in [0.15, 0.2) is 0 Å². The third-order valence-electron chi connectivity index (χ3n) is 4.65. The third kappa shape index (κ3) is 3.45. The summed E-state index contributed by atoms with van der Waals surface area (Å²) in [5, 5.41) is 0.451. The highest BCUT2D eigenvalue weighted by Gasteiger charge is 2.38. The van der Waals surface area contributed by atoms with Gasteiger partial charge in [0.2, 0.25) is 5.78 Å². The Balaban J connectivity index is 1.74. The van der Waals surface area contributed by atoms with E-state index in [1.54, 1.807) is 51.9 Å². The number of alkyl halides is 2. The molecule has 0 N–H and O–H groups in total. The lowest BCUT2D eigenvalue weighted by molar-refractivity contribution is 0.0112. The number of imidazole rings is 1. The minimum absolute atomic E-state index is 0.166. The number of ketones is 1. The summed E-state index contributed by atoms with van der Waals surface area (Å²) in [6, 6.07) is 10.2. The second-order valence-electron chi connectivity index (χ2n) is 6.58. The Hall–Kier alpha value is -2.02. The van der Waals surface area contributed by atoms with Gasteiger partial charge in [-0.1, -0.05) is 35.3 Å². The molecular formula is C19H15Cl2F2N3O. The zero-order chi connectivity index (χ0) is 19.2. The molecule has 0 atom stereocenters. The van der Waals surface area contributed by atoms with Gasteiger partial charge in [0.25, 0.3) is 5.92 Å². The largest absolute Gasteiger partial charge is 0.302 e. The van der Waals surface area contributed by atoms with Crippen molar-refractivity contribution in [1.29, 1.82) is 0 Å². The number of likely N-dealkylation sites (tertiary alicyclic amines) is 1. The Bertz CT molecular complexity index is 1030. The lowest BCUT2D eigenvalue weighted by Gasteiger charge is -2.14. The fourth-order valence-electron chi connectivity index (χ4n) is 3.33. The molecule has 1 aromatic carbocycles. The van der Waals surface area contributed by atoms with Crippen molar-refractivity contribution in [2.45, 2.75) is 18.9 Å².